The van der Waals surface area contributed by atoms with Crippen LogP contribution in [0.1, 0.15) is 48.9 Å². The maximum Gasteiger partial charge on any atom is 0.335 e. The van der Waals surface area contributed by atoms with Gasteiger partial charge in [0.1, 0.15) is 17.9 Å². The Morgan fingerprint density at radius 1 is 0.902 bits per heavy atom. The van der Waals surface area contributed by atoms with Crippen LogP contribution in [0, 0.1) is 13.8 Å². The van der Waals surface area contributed by atoms with Gasteiger partial charge in [0.05, 0.1) is 23.4 Å². The van der Waals surface area contributed by atoms with Crippen LogP contribution in [0.15, 0.2) is 64.6 Å². The molecule has 0 unspecified atom stereocenters. The number of unbranched alkanes of at least 4 members (excludes halogenated alkanes) is 1. The number of aryl methyl sites for hydroxylation is 2. The third kappa shape index (κ3) is 7.35. The fourth-order valence-corrected chi connectivity index (χ4v) is 5.04. The predicted molar refractivity (Wildman–Crippen MR) is 161 cm³/mol. The summed E-state index contributed by atoms with van der Waals surface area (Å²) in [5.41, 5.74) is 3.97. The van der Waals surface area contributed by atoms with E-state index in [1.54, 1.807) is 36.4 Å². The number of amides is 4. The number of nitrogens with one attached hydrogen (secondary N) is 1. The number of hydrogen-bond donors (Lipinski definition) is 1. The number of ether oxygens (including phenoxy) is 3. The second kappa shape index (κ2) is 13.5. The molecule has 0 aliphatic carbocycles. The molecular formula is C32H33BrN2O6. The van der Waals surface area contributed by atoms with Crippen molar-refractivity contribution in [1.29, 1.82) is 0 Å². The van der Waals surface area contributed by atoms with Crippen molar-refractivity contribution >= 4 is 45.5 Å². The highest BCUT2D eigenvalue weighted by molar-refractivity contribution is 9.10. The molecule has 214 valence electrons. The lowest BCUT2D eigenvalue weighted by atomic mass is 10.1. The minimum absolute atomic E-state index is 0.189. The summed E-state index contributed by atoms with van der Waals surface area (Å²) in [5.74, 6) is 0.0775. The summed E-state index contributed by atoms with van der Waals surface area (Å²) in [4.78, 5) is 39.7. The highest BCUT2D eigenvalue weighted by atomic mass is 79.9. The number of imide groups is 2. The van der Waals surface area contributed by atoms with Gasteiger partial charge in [-0.3, -0.25) is 14.9 Å². The molecule has 3 aromatic carbocycles. The maximum absolute atomic E-state index is 13.4. The Bertz CT molecular complexity index is 1460. The smallest absolute Gasteiger partial charge is 0.335 e. The van der Waals surface area contributed by atoms with Gasteiger partial charge in [-0.2, -0.15) is 0 Å². The van der Waals surface area contributed by atoms with Crippen LogP contribution in [-0.2, 0) is 16.2 Å². The van der Waals surface area contributed by atoms with Crippen molar-refractivity contribution in [2.45, 2.75) is 47.1 Å². The van der Waals surface area contributed by atoms with Crippen molar-refractivity contribution in [2.24, 2.45) is 0 Å². The molecule has 0 bridgehead atoms. The standard InChI is InChI=1S/C32H33BrN2O6/c1-5-7-12-40-25-10-8-24(9-11-25)35-31(37)26(30(36)34-32(35)38)16-22-17-27(33)29(28(18-22)39-6-2)41-19-23-14-20(3)13-21(4)15-23/h8-11,13-18H,5-7,12,19H2,1-4H3,(H,34,36,38)/b26-16-. The van der Waals surface area contributed by atoms with E-state index in [1.165, 1.54) is 6.08 Å². The molecule has 4 amide bonds. The van der Waals surface area contributed by atoms with Crippen LogP contribution in [0.4, 0.5) is 10.5 Å². The first kappa shape index (κ1) is 29.9. The number of urea groups is 1. The van der Waals surface area contributed by atoms with Crippen molar-refractivity contribution in [2.75, 3.05) is 18.1 Å². The van der Waals surface area contributed by atoms with Crippen molar-refractivity contribution < 1.29 is 28.6 Å². The first-order valence-corrected chi connectivity index (χ1v) is 14.3. The largest absolute Gasteiger partial charge is 0.494 e. The quantitative estimate of drug-likeness (QED) is 0.142. The number of carbonyl (C=O) groups excluding carboxylic acids is 3. The molecule has 0 aromatic heterocycles. The normalized spacial score (nSPS) is 14.3. The van der Waals surface area contributed by atoms with Crippen LogP contribution < -0.4 is 24.4 Å². The molecule has 1 N–H and O–H groups in total. The van der Waals surface area contributed by atoms with E-state index in [2.05, 4.69) is 46.4 Å². The van der Waals surface area contributed by atoms with Crippen molar-refractivity contribution in [1.82, 2.24) is 5.32 Å². The minimum Gasteiger partial charge on any atom is -0.494 e. The molecule has 1 saturated heterocycles. The van der Waals surface area contributed by atoms with E-state index < -0.39 is 17.8 Å². The van der Waals surface area contributed by atoms with Crippen LogP contribution in [0.3, 0.4) is 0 Å². The number of anilines is 1. The van der Waals surface area contributed by atoms with E-state index in [1.807, 2.05) is 20.8 Å². The molecule has 0 radical (unpaired) electrons. The summed E-state index contributed by atoms with van der Waals surface area (Å²) in [6, 6.07) is 15.4. The molecule has 9 heteroatoms. The molecule has 0 atom stereocenters. The van der Waals surface area contributed by atoms with Gasteiger partial charge in [-0.25, -0.2) is 9.69 Å². The summed E-state index contributed by atoms with van der Waals surface area (Å²) >= 11 is 3.56. The second-order valence-corrected chi connectivity index (χ2v) is 10.6. The lowest BCUT2D eigenvalue weighted by Crippen LogP contribution is -2.54. The van der Waals surface area contributed by atoms with Gasteiger partial charge in [0.15, 0.2) is 11.5 Å². The molecule has 1 fully saturated rings. The van der Waals surface area contributed by atoms with Gasteiger partial charge in [0.2, 0.25) is 0 Å². The molecule has 8 nitrogen and oxygen atoms in total. The van der Waals surface area contributed by atoms with Gasteiger partial charge in [-0.1, -0.05) is 42.7 Å². The van der Waals surface area contributed by atoms with Crippen molar-refractivity contribution in [3.8, 4) is 17.2 Å². The molecule has 41 heavy (non-hydrogen) atoms. The lowest BCUT2D eigenvalue weighted by Gasteiger charge is -2.26. The van der Waals surface area contributed by atoms with Crippen LogP contribution in [0.5, 0.6) is 17.2 Å². The van der Waals surface area contributed by atoms with Crippen molar-refractivity contribution in [3.05, 3.63) is 86.9 Å². The molecule has 3 aromatic rings. The van der Waals surface area contributed by atoms with E-state index in [0.717, 1.165) is 34.4 Å². The lowest BCUT2D eigenvalue weighted by molar-refractivity contribution is -0.122. The number of barbiturate groups is 1. The van der Waals surface area contributed by atoms with Crippen LogP contribution in [0.25, 0.3) is 6.08 Å². The van der Waals surface area contributed by atoms with Gasteiger partial charge in [0, 0.05) is 0 Å². The molecule has 4 rings (SSSR count). The fraction of sp³-hybridized carbons (Fsp3) is 0.281. The number of nitrogens with zero attached hydrogens (tertiary/aromatic N) is 1. The average molecular weight is 622 g/mol. The van der Waals surface area contributed by atoms with Gasteiger partial charge < -0.3 is 14.2 Å². The highest BCUT2D eigenvalue weighted by Crippen LogP contribution is 2.38. The Morgan fingerprint density at radius 3 is 2.27 bits per heavy atom. The van der Waals surface area contributed by atoms with Gasteiger partial charge >= 0.3 is 6.03 Å². The Balaban J connectivity index is 1.59. The zero-order chi connectivity index (χ0) is 29.5. The fourth-order valence-electron chi connectivity index (χ4n) is 4.47. The third-order valence-corrected chi connectivity index (χ3v) is 6.86. The van der Waals surface area contributed by atoms with E-state index in [-0.39, 0.29) is 5.57 Å². The molecular weight excluding hydrogens is 588 g/mol. The molecule has 0 spiro atoms. The SMILES string of the molecule is CCCCOc1ccc(N2C(=O)NC(=O)/C(=C/c3cc(Br)c(OCc4cc(C)cc(C)c4)c(OCC)c3)C2=O)cc1. The summed E-state index contributed by atoms with van der Waals surface area (Å²) < 4.78 is 18.2. The maximum atomic E-state index is 13.4. The average Bonchev–Trinajstić information content (AvgIpc) is 2.91. The molecule has 1 aliphatic heterocycles. The van der Waals surface area contributed by atoms with E-state index in [0.29, 0.717) is 52.8 Å². The first-order valence-electron chi connectivity index (χ1n) is 13.5. The van der Waals surface area contributed by atoms with Crippen LogP contribution in [0.2, 0.25) is 0 Å². The zero-order valence-electron chi connectivity index (χ0n) is 23.6. The predicted octanol–water partition coefficient (Wildman–Crippen LogP) is 6.89. The highest BCUT2D eigenvalue weighted by Gasteiger charge is 2.37. The topological polar surface area (TPSA) is 94.2 Å². The molecule has 0 saturated carbocycles. The number of rotatable bonds is 11. The van der Waals surface area contributed by atoms with E-state index >= 15 is 0 Å². The summed E-state index contributed by atoms with van der Waals surface area (Å²) in [6.45, 7) is 9.30. The first-order chi connectivity index (χ1) is 19.7. The Kier molecular flexibility index (Phi) is 9.83. The minimum atomic E-state index is -0.817. The Morgan fingerprint density at radius 2 is 1.61 bits per heavy atom. The monoisotopic (exact) mass is 620 g/mol. The molecule has 1 aliphatic rings. The number of carbonyl (C=O) groups is 3. The third-order valence-electron chi connectivity index (χ3n) is 6.27. The summed E-state index contributed by atoms with van der Waals surface area (Å²) in [5, 5.41) is 2.26. The van der Waals surface area contributed by atoms with Crippen molar-refractivity contribution in [3.63, 3.8) is 0 Å². The summed E-state index contributed by atoms with van der Waals surface area (Å²) in [6.07, 6.45) is 3.36. The van der Waals surface area contributed by atoms with Gasteiger partial charge in [-0.05, 0) is 96.7 Å². The van der Waals surface area contributed by atoms with Gasteiger partial charge in [0.25, 0.3) is 11.8 Å². The number of hydrogen-bond acceptors (Lipinski definition) is 6. The molecule has 1 heterocycles. The van der Waals surface area contributed by atoms with E-state index in [9.17, 15) is 14.4 Å². The number of benzene rings is 3. The number of halogens is 1. The summed E-state index contributed by atoms with van der Waals surface area (Å²) in [7, 11) is 0. The van der Waals surface area contributed by atoms with Gasteiger partial charge in [-0.15, -0.1) is 0 Å². The zero-order valence-corrected chi connectivity index (χ0v) is 25.2. The van der Waals surface area contributed by atoms with Crippen LogP contribution >= 0.6 is 15.9 Å². The van der Waals surface area contributed by atoms with Crippen LogP contribution in [-0.4, -0.2) is 31.1 Å². The Labute approximate surface area is 248 Å². The van der Waals surface area contributed by atoms with E-state index in [4.69, 9.17) is 14.2 Å². The Hall–Kier alpha value is -4.11. The second-order valence-electron chi connectivity index (χ2n) is 9.70.